The lowest BCUT2D eigenvalue weighted by atomic mass is 9.98. The Morgan fingerprint density at radius 3 is 2.58 bits per heavy atom. The van der Waals surface area contributed by atoms with Crippen LogP contribution in [-0.4, -0.2) is 19.2 Å². The Balaban J connectivity index is 2.51. The zero-order valence-corrected chi connectivity index (χ0v) is 12.9. The van der Waals surface area contributed by atoms with E-state index in [2.05, 4.69) is 57.3 Å². The first-order chi connectivity index (χ1) is 9.19. The SMILES string of the molecule is CCCCNCC(C)Oc1ccccc1C(C)CC. The van der Waals surface area contributed by atoms with Crippen molar-refractivity contribution >= 4 is 0 Å². The Bertz CT molecular complexity index is 351. The van der Waals surface area contributed by atoms with Gasteiger partial charge in [-0.05, 0) is 43.9 Å². The molecule has 0 aromatic heterocycles. The fourth-order valence-corrected chi connectivity index (χ4v) is 2.08. The molecule has 2 unspecified atom stereocenters. The van der Waals surface area contributed by atoms with E-state index in [4.69, 9.17) is 4.74 Å². The molecule has 2 atom stereocenters. The van der Waals surface area contributed by atoms with Crippen LogP contribution in [0, 0.1) is 0 Å². The third-order valence-electron chi connectivity index (χ3n) is 3.53. The van der Waals surface area contributed by atoms with Crippen molar-refractivity contribution in [2.45, 2.75) is 59.0 Å². The van der Waals surface area contributed by atoms with E-state index in [0.29, 0.717) is 5.92 Å². The summed E-state index contributed by atoms with van der Waals surface area (Å²) in [5.74, 6) is 1.60. The van der Waals surface area contributed by atoms with E-state index in [9.17, 15) is 0 Å². The third kappa shape index (κ3) is 5.65. The van der Waals surface area contributed by atoms with Crippen LogP contribution in [0.25, 0.3) is 0 Å². The summed E-state index contributed by atoms with van der Waals surface area (Å²) in [6.07, 6.45) is 3.82. The van der Waals surface area contributed by atoms with Crippen molar-refractivity contribution in [3.05, 3.63) is 29.8 Å². The molecule has 0 aliphatic carbocycles. The molecule has 1 rings (SSSR count). The van der Waals surface area contributed by atoms with Crippen LogP contribution in [-0.2, 0) is 0 Å². The minimum Gasteiger partial charge on any atom is -0.489 e. The van der Waals surface area contributed by atoms with Crippen LogP contribution in [0.3, 0.4) is 0 Å². The maximum atomic E-state index is 6.09. The van der Waals surface area contributed by atoms with Gasteiger partial charge in [0.15, 0.2) is 0 Å². The van der Waals surface area contributed by atoms with Crippen molar-refractivity contribution in [2.75, 3.05) is 13.1 Å². The summed E-state index contributed by atoms with van der Waals surface area (Å²) in [5.41, 5.74) is 1.32. The highest BCUT2D eigenvalue weighted by Crippen LogP contribution is 2.28. The minimum absolute atomic E-state index is 0.210. The standard InChI is InChI=1S/C17H29NO/c1-5-7-12-18-13-15(4)19-17-11-9-8-10-16(17)14(3)6-2/h8-11,14-15,18H,5-7,12-13H2,1-4H3. The highest BCUT2D eigenvalue weighted by molar-refractivity contribution is 5.36. The molecule has 1 aromatic carbocycles. The molecule has 2 heteroatoms. The molecule has 0 fully saturated rings. The molecule has 0 spiro atoms. The first kappa shape index (κ1) is 16.0. The number of nitrogens with one attached hydrogen (secondary N) is 1. The van der Waals surface area contributed by atoms with Crippen LogP contribution in [0.15, 0.2) is 24.3 Å². The fourth-order valence-electron chi connectivity index (χ4n) is 2.08. The summed E-state index contributed by atoms with van der Waals surface area (Å²) >= 11 is 0. The smallest absolute Gasteiger partial charge is 0.123 e. The molecule has 0 radical (unpaired) electrons. The summed E-state index contributed by atoms with van der Waals surface area (Å²) in [4.78, 5) is 0. The number of rotatable bonds is 9. The summed E-state index contributed by atoms with van der Waals surface area (Å²) in [5, 5.41) is 3.44. The maximum Gasteiger partial charge on any atom is 0.123 e. The van der Waals surface area contributed by atoms with Crippen LogP contribution < -0.4 is 10.1 Å². The third-order valence-corrected chi connectivity index (χ3v) is 3.53. The molecule has 0 saturated carbocycles. The van der Waals surface area contributed by atoms with Gasteiger partial charge < -0.3 is 10.1 Å². The summed E-state index contributed by atoms with van der Waals surface area (Å²) in [6.45, 7) is 10.8. The molecule has 0 bridgehead atoms. The normalized spacial score (nSPS) is 14.1. The molecule has 19 heavy (non-hydrogen) atoms. The second-order valence-electron chi connectivity index (χ2n) is 5.33. The average molecular weight is 263 g/mol. The zero-order chi connectivity index (χ0) is 14.1. The number of benzene rings is 1. The number of unbranched alkanes of at least 4 members (excludes halogenated alkanes) is 1. The van der Waals surface area contributed by atoms with Gasteiger partial charge in [-0.3, -0.25) is 0 Å². The Morgan fingerprint density at radius 2 is 1.89 bits per heavy atom. The Kier molecular flexibility index (Phi) is 7.57. The van der Waals surface area contributed by atoms with Gasteiger partial charge in [-0.1, -0.05) is 45.4 Å². The van der Waals surface area contributed by atoms with Crippen molar-refractivity contribution in [2.24, 2.45) is 0 Å². The first-order valence-corrected chi connectivity index (χ1v) is 7.65. The average Bonchev–Trinajstić information content (AvgIpc) is 2.43. The topological polar surface area (TPSA) is 21.3 Å². The molecule has 2 nitrogen and oxygen atoms in total. The van der Waals surface area contributed by atoms with Gasteiger partial charge in [-0.2, -0.15) is 0 Å². The lowest BCUT2D eigenvalue weighted by Gasteiger charge is -2.20. The highest BCUT2D eigenvalue weighted by Gasteiger charge is 2.11. The van der Waals surface area contributed by atoms with Crippen molar-refractivity contribution in [3.63, 3.8) is 0 Å². The molecule has 0 aliphatic rings. The van der Waals surface area contributed by atoms with Gasteiger partial charge in [0.1, 0.15) is 11.9 Å². The van der Waals surface area contributed by atoms with Crippen molar-refractivity contribution < 1.29 is 4.74 Å². The highest BCUT2D eigenvalue weighted by atomic mass is 16.5. The maximum absolute atomic E-state index is 6.09. The Morgan fingerprint density at radius 1 is 1.16 bits per heavy atom. The molecule has 1 N–H and O–H groups in total. The second-order valence-corrected chi connectivity index (χ2v) is 5.33. The lowest BCUT2D eigenvalue weighted by molar-refractivity contribution is 0.214. The molecule has 0 aliphatic heterocycles. The fraction of sp³-hybridized carbons (Fsp3) is 0.647. The molecular weight excluding hydrogens is 234 g/mol. The monoisotopic (exact) mass is 263 g/mol. The van der Waals surface area contributed by atoms with Gasteiger partial charge in [0.25, 0.3) is 0 Å². The summed E-state index contributed by atoms with van der Waals surface area (Å²) in [7, 11) is 0. The van der Waals surface area contributed by atoms with Gasteiger partial charge in [0, 0.05) is 6.54 Å². The van der Waals surface area contributed by atoms with Gasteiger partial charge in [-0.25, -0.2) is 0 Å². The molecular formula is C17H29NO. The number of para-hydroxylation sites is 1. The summed E-state index contributed by atoms with van der Waals surface area (Å²) in [6, 6.07) is 8.42. The van der Waals surface area contributed by atoms with Gasteiger partial charge in [0.2, 0.25) is 0 Å². The van der Waals surface area contributed by atoms with E-state index in [1.54, 1.807) is 0 Å². The van der Waals surface area contributed by atoms with E-state index < -0.39 is 0 Å². The Labute approximate surface area is 118 Å². The van der Waals surface area contributed by atoms with Crippen LogP contribution >= 0.6 is 0 Å². The summed E-state index contributed by atoms with van der Waals surface area (Å²) < 4.78 is 6.09. The van der Waals surface area contributed by atoms with Crippen LogP contribution in [0.4, 0.5) is 0 Å². The van der Waals surface area contributed by atoms with E-state index in [0.717, 1.165) is 25.3 Å². The van der Waals surface area contributed by atoms with Crippen LogP contribution in [0.2, 0.25) is 0 Å². The van der Waals surface area contributed by atoms with Crippen molar-refractivity contribution in [1.82, 2.24) is 5.32 Å². The number of hydrogen-bond acceptors (Lipinski definition) is 2. The first-order valence-electron chi connectivity index (χ1n) is 7.65. The largest absolute Gasteiger partial charge is 0.489 e. The predicted molar refractivity (Wildman–Crippen MR) is 83.0 cm³/mol. The quantitative estimate of drug-likeness (QED) is 0.668. The molecule has 0 heterocycles. The van der Waals surface area contributed by atoms with E-state index in [-0.39, 0.29) is 6.10 Å². The van der Waals surface area contributed by atoms with E-state index >= 15 is 0 Å². The van der Waals surface area contributed by atoms with Gasteiger partial charge in [-0.15, -0.1) is 0 Å². The Hall–Kier alpha value is -1.02. The predicted octanol–water partition coefficient (Wildman–Crippen LogP) is 4.36. The second kappa shape index (κ2) is 8.98. The molecule has 108 valence electrons. The lowest BCUT2D eigenvalue weighted by Crippen LogP contribution is -2.29. The number of ether oxygens (including phenoxy) is 1. The molecule has 0 saturated heterocycles. The van der Waals surface area contributed by atoms with Crippen LogP contribution in [0.5, 0.6) is 5.75 Å². The van der Waals surface area contributed by atoms with E-state index in [1.165, 1.54) is 18.4 Å². The van der Waals surface area contributed by atoms with Gasteiger partial charge >= 0.3 is 0 Å². The van der Waals surface area contributed by atoms with Crippen LogP contribution in [0.1, 0.15) is 58.4 Å². The van der Waals surface area contributed by atoms with Crippen molar-refractivity contribution in [3.8, 4) is 5.75 Å². The molecule has 1 aromatic rings. The molecule has 0 amide bonds. The minimum atomic E-state index is 0.210. The zero-order valence-electron chi connectivity index (χ0n) is 12.9. The number of hydrogen-bond donors (Lipinski definition) is 1. The van der Waals surface area contributed by atoms with Crippen molar-refractivity contribution in [1.29, 1.82) is 0 Å². The van der Waals surface area contributed by atoms with E-state index in [1.807, 2.05) is 0 Å². The van der Waals surface area contributed by atoms with Gasteiger partial charge in [0.05, 0.1) is 0 Å².